The zero-order chi connectivity index (χ0) is 13.7. The molecule has 2 aromatic carbocycles. The van der Waals surface area contributed by atoms with Crippen LogP contribution in [0, 0.1) is 0 Å². The van der Waals surface area contributed by atoms with Gasteiger partial charge in [-0.05, 0) is 23.8 Å². The Labute approximate surface area is 116 Å². The Kier molecular flexibility index (Phi) is 4.42. The van der Waals surface area contributed by atoms with Crippen molar-refractivity contribution in [1.29, 1.82) is 0 Å². The van der Waals surface area contributed by atoms with E-state index in [4.69, 9.17) is 16.3 Å². The quantitative estimate of drug-likeness (QED) is 0.851. The van der Waals surface area contributed by atoms with Crippen LogP contribution >= 0.6 is 11.6 Å². The molecule has 19 heavy (non-hydrogen) atoms. The number of carbonyl (C=O) groups excluding carboxylic acids is 1. The van der Waals surface area contributed by atoms with Crippen molar-refractivity contribution in [2.75, 3.05) is 6.61 Å². The lowest BCUT2D eigenvalue weighted by Gasteiger charge is -2.10. The summed E-state index contributed by atoms with van der Waals surface area (Å²) in [6.07, 6.45) is 1.22. The number of carbonyl (C=O) groups is 1. The Morgan fingerprint density at radius 2 is 1.95 bits per heavy atom. The Balaban J connectivity index is 2.02. The summed E-state index contributed by atoms with van der Waals surface area (Å²) in [5.74, 6) is 0.298. The average molecular weight is 277 g/mol. The van der Waals surface area contributed by atoms with Crippen molar-refractivity contribution in [3.05, 3.63) is 58.6 Å². The number of rotatable bonds is 5. The number of hydrogen-bond donors (Lipinski definition) is 1. The molecule has 0 atom stereocenters. The van der Waals surface area contributed by atoms with E-state index in [1.807, 2.05) is 24.3 Å². The number of ether oxygens (including phenoxy) is 1. The minimum Gasteiger partial charge on any atom is -0.507 e. The lowest BCUT2D eigenvalue weighted by Crippen LogP contribution is -2.03. The fraction of sp³-hybridized carbons (Fsp3) is 0.133. The van der Waals surface area contributed by atoms with Crippen LogP contribution < -0.4 is 4.74 Å². The van der Waals surface area contributed by atoms with E-state index in [1.54, 1.807) is 12.1 Å². The van der Waals surface area contributed by atoms with E-state index in [-0.39, 0.29) is 11.3 Å². The molecule has 0 fully saturated rings. The zero-order valence-corrected chi connectivity index (χ0v) is 10.9. The number of aldehydes is 1. The summed E-state index contributed by atoms with van der Waals surface area (Å²) >= 11 is 6.04. The van der Waals surface area contributed by atoms with Gasteiger partial charge in [-0.2, -0.15) is 0 Å². The Morgan fingerprint density at radius 3 is 2.68 bits per heavy atom. The summed E-state index contributed by atoms with van der Waals surface area (Å²) in [6, 6.07) is 12.3. The van der Waals surface area contributed by atoms with E-state index in [0.29, 0.717) is 30.1 Å². The Bertz CT molecular complexity index is 581. The molecule has 2 rings (SSSR count). The molecule has 0 radical (unpaired) electrons. The summed E-state index contributed by atoms with van der Waals surface area (Å²) < 4.78 is 5.52. The normalized spacial score (nSPS) is 10.2. The molecule has 0 saturated heterocycles. The molecule has 3 nitrogen and oxygen atoms in total. The monoisotopic (exact) mass is 276 g/mol. The zero-order valence-electron chi connectivity index (χ0n) is 10.2. The minimum atomic E-state index is -0.0785. The second-order valence-electron chi connectivity index (χ2n) is 4.00. The maximum Gasteiger partial charge on any atom is 0.157 e. The lowest BCUT2D eigenvalue weighted by molar-refractivity contribution is 0.111. The van der Waals surface area contributed by atoms with E-state index in [0.717, 1.165) is 5.56 Å². The number of phenols is 1. The van der Waals surface area contributed by atoms with Crippen molar-refractivity contribution in [3.8, 4) is 11.5 Å². The van der Waals surface area contributed by atoms with Crippen LogP contribution in [0.25, 0.3) is 0 Å². The molecule has 4 heteroatoms. The molecule has 0 aromatic heterocycles. The van der Waals surface area contributed by atoms with Gasteiger partial charge in [-0.25, -0.2) is 0 Å². The molecule has 0 unspecified atom stereocenters. The first-order chi connectivity index (χ1) is 9.22. The molecule has 0 amide bonds. The van der Waals surface area contributed by atoms with Crippen LogP contribution in [0.1, 0.15) is 15.9 Å². The van der Waals surface area contributed by atoms with Crippen molar-refractivity contribution in [1.82, 2.24) is 0 Å². The van der Waals surface area contributed by atoms with Crippen LogP contribution in [0.5, 0.6) is 11.5 Å². The van der Waals surface area contributed by atoms with Gasteiger partial charge in [0.2, 0.25) is 0 Å². The number of halogens is 1. The Morgan fingerprint density at radius 1 is 1.16 bits per heavy atom. The van der Waals surface area contributed by atoms with Crippen molar-refractivity contribution in [3.63, 3.8) is 0 Å². The number of phenolic OH excluding ortho intramolecular Hbond substituents is 1. The predicted molar refractivity (Wildman–Crippen MR) is 74.1 cm³/mol. The first kappa shape index (κ1) is 13.4. The second kappa shape index (κ2) is 6.25. The molecule has 0 aliphatic carbocycles. The highest BCUT2D eigenvalue weighted by Gasteiger charge is 2.08. The van der Waals surface area contributed by atoms with Gasteiger partial charge in [-0.15, -0.1) is 0 Å². The van der Waals surface area contributed by atoms with Crippen LogP contribution in [0.4, 0.5) is 0 Å². The van der Waals surface area contributed by atoms with E-state index in [1.165, 1.54) is 6.07 Å². The first-order valence-corrected chi connectivity index (χ1v) is 6.23. The molecule has 0 bridgehead atoms. The van der Waals surface area contributed by atoms with E-state index >= 15 is 0 Å². The minimum absolute atomic E-state index is 0.0785. The summed E-state index contributed by atoms with van der Waals surface area (Å²) in [7, 11) is 0. The number of hydrogen-bond acceptors (Lipinski definition) is 3. The highest BCUT2D eigenvalue weighted by atomic mass is 35.5. The lowest BCUT2D eigenvalue weighted by atomic mass is 10.1. The molecule has 0 aliphatic heterocycles. The number of benzene rings is 2. The van der Waals surface area contributed by atoms with Crippen LogP contribution in [-0.2, 0) is 6.42 Å². The molecular weight excluding hydrogens is 264 g/mol. The predicted octanol–water partition coefficient (Wildman–Crippen LogP) is 3.48. The fourth-order valence-electron chi connectivity index (χ4n) is 1.75. The first-order valence-electron chi connectivity index (χ1n) is 5.85. The molecule has 0 aliphatic rings. The van der Waals surface area contributed by atoms with Gasteiger partial charge in [0.1, 0.15) is 11.5 Å². The van der Waals surface area contributed by atoms with Crippen LogP contribution in [0.2, 0.25) is 5.02 Å². The highest BCUT2D eigenvalue weighted by Crippen LogP contribution is 2.25. The third-order valence-electron chi connectivity index (χ3n) is 2.75. The van der Waals surface area contributed by atoms with E-state index in [9.17, 15) is 9.90 Å². The standard InChI is InChI=1S/C15H13ClO3/c16-13-5-2-1-4-11(13)8-9-19-15-7-3-6-14(18)12(15)10-17/h1-7,10,18H,8-9H2. The molecular formula is C15H13ClO3. The van der Waals surface area contributed by atoms with Crippen LogP contribution in [-0.4, -0.2) is 18.0 Å². The maximum atomic E-state index is 10.9. The van der Waals surface area contributed by atoms with Gasteiger partial charge in [-0.1, -0.05) is 35.9 Å². The summed E-state index contributed by atoms with van der Waals surface area (Å²) in [5, 5.41) is 10.2. The largest absolute Gasteiger partial charge is 0.507 e. The summed E-state index contributed by atoms with van der Waals surface area (Å²) in [6.45, 7) is 0.383. The topological polar surface area (TPSA) is 46.5 Å². The SMILES string of the molecule is O=Cc1c(O)cccc1OCCc1ccccc1Cl. The second-order valence-corrected chi connectivity index (χ2v) is 4.40. The highest BCUT2D eigenvalue weighted by molar-refractivity contribution is 6.31. The summed E-state index contributed by atoms with van der Waals surface area (Å²) in [4.78, 5) is 10.9. The van der Waals surface area contributed by atoms with Crippen LogP contribution in [0.15, 0.2) is 42.5 Å². The smallest absolute Gasteiger partial charge is 0.157 e. The van der Waals surface area contributed by atoms with Gasteiger partial charge in [0.25, 0.3) is 0 Å². The molecule has 0 spiro atoms. The van der Waals surface area contributed by atoms with Gasteiger partial charge in [0, 0.05) is 11.4 Å². The van der Waals surface area contributed by atoms with Crippen molar-refractivity contribution in [2.45, 2.75) is 6.42 Å². The van der Waals surface area contributed by atoms with E-state index in [2.05, 4.69) is 0 Å². The summed E-state index contributed by atoms with van der Waals surface area (Å²) in [5.41, 5.74) is 1.15. The van der Waals surface area contributed by atoms with Gasteiger partial charge >= 0.3 is 0 Å². The molecule has 2 aromatic rings. The third kappa shape index (κ3) is 3.26. The van der Waals surface area contributed by atoms with E-state index < -0.39 is 0 Å². The van der Waals surface area contributed by atoms with Gasteiger partial charge < -0.3 is 9.84 Å². The van der Waals surface area contributed by atoms with Crippen LogP contribution in [0.3, 0.4) is 0 Å². The molecule has 0 saturated carbocycles. The van der Waals surface area contributed by atoms with Gasteiger partial charge in [0.05, 0.1) is 12.2 Å². The van der Waals surface area contributed by atoms with Gasteiger partial charge in [-0.3, -0.25) is 4.79 Å². The molecule has 1 N–H and O–H groups in total. The molecule has 0 heterocycles. The third-order valence-corrected chi connectivity index (χ3v) is 3.12. The average Bonchev–Trinajstić information content (AvgIpc) is 2.41. The van der Waals surface area contributed by atoms with Gasteiger partial charge in [0.15, 0.2) is 6.29 Å². The fourth-order valence-corrected chi connectivity index (χ4v) is 1.98. The number of aromatic hydroxyl groups is 1. The van der Waals surface area contributed by atoms with Crippen molar-refractivity contribution in [2.24, 2.45) is 0 Å². The molecule has 98 valence electrons. The maximum absolute atomic E-state index is 10.9. The van der Waals surface area contributed by atoms with Crippen molar-refractivity contribution >= 4 is 17.9 Å². The Hall–Kier alpha value is -2.00. The van der Waals surface area contributed by atoms with Crippen molar-refractivity contribution < 1.29 is 14.6 Å².